The number of nitrogens with zero attached hydrogens (tertiary/aromatic N) is 2. The zero-order valence-corrected chi connectivity index (χ0v) is 14.7. The first-order valence-electron chi connectivity index (χ1n) is 8.66. The van der Waals surface area contributed by atoms with Crippen LogP contribution in [0.25, 0.3) is 5.57 Å². The van der Waals surface area contributed by atoms with E-state index in [1.807, 2.05) is 26.0 Å². The molecule has 0 atom stereocenters. The first kappa shape index (κ1) is 17.6. The Bertz CT molecular complexity index is 720. The summed E-state index contributed by atoms with van der Waals surface area (Å²) in [5, 5.41) is 10.2. The Morgan fingerprint density at radius 2 is 1.76 bits per heavy atom. The number of hydrogen-bond acceptors (Lipinski definition) is 5. The summed E-state index contributed by atoms with van der Waals surface area (Å²) >= 11 is 0. The Kier molecular flexibility index (Phi) is 5.20. The second-order valence-electron chi connectivity index (χ2n) is 6.59. The number of aliphatic hydroxyl groups excluding tert-OH is 1. The van der Waals surface area contributed by atoms with E-state index >= 15 is 0 Å². The van der Waals surface area contributed by atoms with E-state index in [0.717, 1.165) is 48.9 Å². The van der Waals surface area contributed by atoms with E-state index in [-0.39, 0.29) is 5.57 Å². The molecule has 2 aliphatic heterocycles. The first-order valence-corrected chi connectivity index (χ1v) is 8.66. The highest BCUT2D eigenvalue weighted by Crippen LogP contribution is 2.29. The lowest BCUT2D eigenvalue weighted by molar-refractivity contribution is -0.138. The molecule has 3 rings (SSSR count). The maximum Gasteiger partial charge on any atom is 0.296 e. The van der Waals surface area contributed by atoms with Gasteiger partial charge in [0.25, 0.3) is 11.8 Å². The summed E-state index contributed by atoms with van der Waals surface area (Å²) in [5.74, 6) is -1.45. The van der Waals surface area contributed by atoms with Crippen LogP contribution >= 0.6 is 0 Å². The number of ether oxygens (including phenoxy) is 1. The maximum atomic E-state index is 12.7. The molecule has 0 aromatic heterocycles. The molecule has 0 aliphatic carbocycles. The van der Waals surface area contributed by atoms with Gasteiger partial charge >= 0.3 is 0 Å². The Labute approximate surface area is 147 Å². The Hall–Kier alpha value is -2.18. The molecule has 1 saturated heterocycles. The number of hydrogen-bond donors (Lipinski definition) is 1. The number of imide groups is 1. The molecule has 0 radical (unpaired) electrons. The molecular formula is C19H24N2O4. The SMILES string of the molecule is Cc1ccc(C2=C(O)C(=O)N(CCCN3CCOCC3)C2=O)cc1C. The van der Waals surface area contributed by atoms with Gasteiger partial charge in [-0.05, 0) is 37.0 Å². The van der Waals surface area contributed by atoms with Crippen LogP contribution in [-0.2, 0) is 14.3 Å². The molecule has 0 saturated carbocycles. The molecule has 1 aromatic carbocycles. The summed E-state index contributed by atoms with van der Waals surface area (Å²) in [6.45, 7) is 8.23. The quantitative estimate of drug-likeness (QED) is 0.823. The lowest BCUT2D eigenvalue weighted by Gasteiger charge is -2.27. The van der Waals surface area contributed by atoms with Crippen molar-refractivity contribution in [1.29, 1.82) is 0 Å². The topological polar surface area (TPSA) is 70.1 Å². The van der Waals surface area contributed by atoms with Crippen molar-refractivity contribution in [1.82, 2.24) is 9.80 Å². The Morgan fingerprint density at radius 1 is 1.04 bits per heavy atom. The third-order valence-electron chi connectivity index (χ3n) is 4.90. The predicted octanol–water partition coefficient (Wildman–Crippen LogP) is 1.66. The van der Waals surface area contributed by atoms with Gasteiger partial charge in [-0.1, -0.05) is 18.2 Å². The summed E-state index contributed by atoms with van der Waals surface area (Å²) in [7, 11) is 0. The summed E-state index contributed by atoms with van der Waals surface area (Å²) < 4.78 is 5.31. The number of carbonyl (C=O) groups excluding carboxylic acids is 2. The molecule has 2 heterocycles. The van der Waals surface area contributed by atoms with Crippen LogP contribution in [0.5, 0.6) is 0 Å². The molecule has 25 heavy (non-hydrogen) atoms. The van der Waals surface area contributed by atoms with Gasteiger partial charge in [0, 0.05) is 26.2 Å². The fourth-order valence-electron chi connectivity index (χ4n) is 3.20. The fraction of sp³-hybridized carbons (Fsp3) is 0.474. The van der Waals surface area contributed by atoms with E-state index in [1.54, 1.807) is 6.07 Å². The van der Waals surface area contributed by atoms with E-state index < -0.39 is 17.6 Å². The van der Waals surface area contributed by atoms with Gasteiger partial charge in [-0.3, -0.25) is 19.4 Å². The standard InChI is InChI=1S/C19H24N2O4/c1-13-4-5-15(12-14(13)2)16-17(22)19(24)21(18(16)23)7-3-6-20-8-10-25-11-9-20/h4-5,12,22H,3,6-11H2,1-2H3. The van der Waals surface area contributed by atoms with Crippen LogP contribution in [0.3, 0.4) is 0 Å². The molecule has 0 bridgehead atoms. The third-order valence-corrected chi connectivity index (χ3v) is 4.90. The molecule has 0 unspecified atom stereocenters. The van der Waals surface area contributed by atoms with Gasteiger partial charge in [-0.2, -0.15) is 0 Å². The minimum atomic E-state index is -0.597. The van der Waals surface area contributed by atoms with Crippen LogP contribution in [0, 0.1) is 13.8 Å². The van der Waals surface area contributed by atoms with E-state index in [9.17, 15) is 14.7 Å². The Morgan fingerprint density at radius 3 is 2.44 bits per heavy atom. The van der Waals surface area contributed by atoms with Crippen molar-refractivity contribution < 1.29 is 19.4 Å². The molecule has 6 nitrogen and oxygen atoms in total. The normalized spacial score (nSPS) is 19.2. The van der Waals surface area contributed by atoms with Crippen LogP contribution in [0.15, 0.2) is 24.0 Å². The minimum Gasteiger partial charge on any atom is -0.502 e. The zero-order chi connectivity index (χ0) is 18.0. The van der Waals surface area contributed by atoms with Gasteiger partial charge in [0.05, 0.1) is 18.8 Å². The minimum absolute atomic E-state index is 0.111. The van der Waals surface area contributed by atoms with E-state index in [2.05, 4.69) is 4.90 Å². The van der Waals surface area contributed by atoms with Crippen LogP contribution in [0.2, 0.25) is 0 Å². The lowest BCUT2D eigenvalue weighted by Crippen LogP contribution is -2.39. The highest BCUT2D eigenvalue weighted by molar-refractivity contribution is 6.34. The van der Waals surface area contributed by atoms with Crippen molar-refractivity contribution in [3.8, 4) is 0 Å². The molecule has 134 valence electrons. The van der Waals surface area contributed by atoms with Gasteiger partial charge < -0.3 is 9.84 Å². The number of amides is 2. The van der Waals surface area contributed by atoms with Crippen LogP contribution in [0.4, 0.5) is 0 Å². The largest absolute Gasteiger partial charge is 0.502 e. The van der Waals surface area contributed by atoms with Crippen molar-refractivity contribution >= 4 is 17.4 Å². The van der Waals surface area contributed by atoms with Crippen LogP contribution < -0.4 is 0 Å². The summed E-state index contributed by atoms with van der Waals surface area (Å²) in [6, 6.07) is 5.50. The average molecular weight is 344 g/mol. The Balaban J connectivity index is 1.67. The van der Waals surface area contributed by atoms with Crippen LogP contribution in [-0.4, -0.2) is 66.1 Å². The van der Waals surface area contributed by atoms with Gasteiger partial charge in [0.1, 0.15) is 0 Å². The van der Waals surface area contributed by atoms with Crippen molar-refractivity contribution in [3.63, 3.8) is 0 Å². The maximum absolute atomic E-state index is 12.7. The summed E-state index contributed by atoms with van der Waals surface area (Å²) in [4.78, 5) is 28.4. The number of benzene rings is 1. The molecular weight excluding hydrogens is 320 g/mol. The molecule has 1 fully saturated rings. The third kappa shape index (κ3) is 3.60. The molecule has 2 aliphatic rings. The smallest absolute Gasteiger partial charge is 0.296 e. The fourth-order valence-corrected chi connectivity index (χ4v) is 3.20. The van der Waals surface area contributed by atoms with E-state index in [1.165, 1.54) is 0 Å². The van der Waals surface area contributed by atoms with Crippen molar-refractivity contribution in [2.24, 2.45) is 0 Å². The number of aryl methyl sites for hydroxylation is 2. The molecule has 2 amide bonds. The summed E-state index contributed by atoms with van der Waals surface area (Å²) in [5.41, 5.74) is 2.82. The second-order valence-corrected chi connectivity index (χ2v) is 6.59. The van der Waals surface area contributed by atoms with Crippen molar-refractivity contribution in [2.45, 2.75) is 20.3 Å². The van der Waals surface area contributed by atoms with Crippen molar-refractivity contribution in [3.05, 3.63) is 40.6 Å². The number of rotatable bonds is 5. The second kappa shape index (κ2) is 7.37. The highest BCUT2D eigenvalue weighted by atomic mass is 16.5. The monoisotopic (exact) mass is 344 g/mol. The average Bonchev–Trinajstić information content (AvgIpc) is 2.82. The van der Waals surface area contributed by atoms with Crippen LogP contribution in [0.1, 0.15) is 23.1 Å². The van der Waals surface area contributed by atoms with Gasteiger partial charge in [-0.15, -0.1) is 0 Å². The van der Waals surface area contributed by atoms with E-state index in [4.69, 9.17) is 4.74 Å². The number of carbonyl (C=O) groups is 2. The predicted molar refractivity (Wildman–Crippen MR) is 94.1 cm³/mol. The zero-order valence-electron chi connectivity index (χ0n) is 14.7. The molecule has 1 aromatic rings. The number of aliphatic hydroxyl groups is 1. The number of morpholine rings is 1. The van der Waals surface area contributed by atoms with Gasteiger partial charge in [-0.25, -0.2) is 0 Å². The first-order chi connectivity index (χ1) is 12.0. The van der Waals surface area contributed by atoms with Gasteiger partial charge in [0.15, 0.2) is 5.76 Å². The van der Waals surface area contributed by atoms with E-state index in [0.29, 0.717) is 18.5 Å². The molecule has 0 spiro atoms. The molecule has 6 heteroatoms. The summed E-state index contributed by atoms with van der Waals surface area (Å²) in [6.07, 6.45) is 0.685. The molecule has 1 N–H and O–H groups in total. The lowest BCUT2D eigenvalue weighted by atomic mass is 10.00. The van der Waals surface area contributed by atoms with Gasteiger partial charge in [0.2, 0.25) is 0 Å². The van der Waals surface area contributed by atoms with Crippen molar-refractivity contribution in [2.75, 3.05) is 39.4 Å². The highest BCUT2D eigenvalue weighted by Gasteiger charge is 2.38.